The quantitative estimate of drug-likeness (QED) is 0.609. The van der Waals surface area contributed by atoms with E-state index < -0.39 is 5.97 Å². The second-order valence-electron chi connectivity index (χ2n) is 3.04. The van der Waals surface area contributed by atoms with Crippen molar-refractivity contribution in [2.45, 2.75) is 0 Å². The summed E-state index contributed by atoms with van der Waals surface area (Å²) < 4.78 is 4.59. The fourth-order valence-corrected chi connectivity index (χ4v) is 1.53. The molecule has 88 valence electrons. The van der Waals surface area contributed by atoms with Crippen LogP contribution in [0.1, 0.15) is 15.9 Å². The molecule has 0 bridgehead atoms. The van der Waals surface area contributed by atoms with Gasteiger partial charge in [-0.25, -0.2) is 4.79 Å². The number of aliphatic imine (C=N–C) groups is 2. The van der Waals surface area contributed by atoms with Crippen LogP contribution in [0.2, 0.25) is 5.02 Å². The van der Waals surface area contributed by atoms with Gasteiger partial charge in [0.25, 0.3) is 0 Å². The monoisotopic (exact) mass is 250 g/mol. The number of carbonyl (C=O) groups excluding carboxylic acids is 1. The van der Waals surface area contributed by atoms with Gasteiger partial charge in [0, 0.05) is 5.56 Å². The Bertz CT molecular complexity index is 495. The molecule has 17 heavy (non-hydrogen) atoms. The molecule has 0 unspecified atom stereocenters. The highest BCUT2D eigenvalue weighted by Crippen LogP contribution is 2.26. The van der Waals surface area contributed by atoms with Crippen LogP contribution in [0, 0.1) is 0 Å². The average Bonchev–Trinajstić information content (AvgIpc) is 2.35. The van der Waals surface area contributed by atoms with E-state index in [4.69, 9.17) is 11.6 Å². The van der Waals surface area contributed by atoms with Crippen LogP contribution in [-0.2, 0) is 4.74 Å². The van der Waals surface area contributed by atoms with Gasteiger partial charge in [-0.3, -0.25) is 9.98 Å². The van der Waals surface area contributed by atoms with Crippen molar-refractivity contribution in [1.82, 2.24) is 0 Å². The molecule has 0 aliphatic carbocycles. The van der Waals surface area contributed by atoms with Crippen molar-refractivity contribution in [3.63, 3.8) is 0 Å². The highest BCUT2D eigenvalue weighted by molar-refractivity contribution is 6.32. The molecule has 0 amide bonds. The van der Waals surface area contributed by atoms with E-state index in [2.05, 4.69) is 28.2 Å². The van der Waals surface area contributed by atoms with Gasteiger partial charge in [0.1, 0.15) is 0 Å². The van der Waals surface area contributed by atoms with Crippen LogP contribution in [0.5, 0.6) is 0 Å². The molecule has 0 N–H and O–H groups in total. The molecule has 0 radical (unpaired) electrons. The van der Waals surface area contributed by atoms with Gasteiger partial charge in [0.15, 0.2) is 0 Å². The second-order valence-corrected chi connectivity index (χ2v) is 3.45. The minimum atomic E-state index is -0.447. The summed E-state index contributed by atoms with van der Waals surface area (Å²) in [4.78, 5) is 18.7. The van der Waals surface area contributed by atoms with Crippen molar-refractivity contribution in [3.8, 4) is 0 Å². The molecule has 0 saturated carbocycles. The summed E-state index contributed by atoms with van der Waals surface area (Å²) in [6.45, 7) is 6.75. The second kappa shape index (κ2) is 5.96. The average molecular weight is 251 g/mol. The minimum Gasteiger partial charge on any atom is -0.465 e. The zero-order valence-electron chi connectivity index (χ0n) is 9.31. The molecule has 0 spiro atoms. The Morgan fingerprint density at radius 3 is 2.65 bits per heavy atom. The van der Waals surface area contributed by atoms with E-state index in [0.717, 1.165) is 0 Å². The third-order valence-electron chi connectivity index (χ3n) is 2.05. The van der Waals surface area contributed by atoms with Crippen LogP contribution in [-0.4, -0.2) is 26.5 Å². The molecule has 1 aromatic rings. The van der Waals surface area contributed by atoms with Crippen LogP contribution < -0.4 is 0 Å². The Balaban J connectivity index is 3.22. The van der Waals surface area contributed by atoms with E-state index in [0.29, 0.717) is 21.8 Å². The lowest BCUT2D eigenvalue weighted by Gasteiger charge is -2.05. The van der Waals surface area contributed by atoms with Gasteiger partial charge < -0.3 is 4.74 Å². The summed E-state index contributed by atoms with van der Waals surface area (Å²) in [5.74, 6) is -0.447. The molecular formula is C12H11ClN2O2. The largest absolute Gasteiger partial charge is 0.465 e. The lowest BCUT2D eigenvalue weighted by atomic mass is 10.1. The van der Waals surface area contributed by atoms with Gasteiger partial charge in [0.2, 0.25) is 0 Å². The summed E-state index contributed by atoms with van der Waals surface area (Å²) in [6, 6.07) is 4.75. The van der Waals surface area contributed by atoms with E-state index in [9.17, 15) is 4.79 Å². The van der Waals surface area contributed by atoms with Crippen molar-refractivity contribution in [2.24, 2.45) is 9.98 Å². The molecule has 0 aliphatic heterocycles. The number of halogens is 1. The smallest absolute Gasteiger partial charge is 0.337 e. The number of nitrogens with zero attached hydrogens (tertiary/aromatic N) is 2. The number of hydrogen-bond donors (Lipinski definition) is 0. The fourth-order valence-electron chi connectivity index (χ4n) is 1.25. The van der Waals surface area contributed by atoms with Crippen LogP contribution >= 0.6 is 11.6 Å². The normalized spacial score (nSPS) is 10.8. The van der Waals surface area contributed by atoms with Crippen molar-refractivity contribution >= 4 is 36.7 Å². The van der Waals surface area contributed by atoms with Crippen molar-refractivity contribution < 1.29 is 9.53 Å². The molecule has 0 aliphatic rings. The molecule has 1 aromatic carbocycles. The first-order valence-electron chi connectivity index (χ1n) is 4.65. The number of carbonyl (C=O) groups is 1. The van der Waals surface area contributed by atoms with Crippen LogP contribution in [0.15, 0.2) is 34.4 Å². The van der Waals surface area contributed by atoms with Crippen LogP contribution in [0.3, 0.4) is 0 Å². The Labute approximate surface area is 104 Å². The third-order valence-corrected chi connectivity index (χ3v) is 2.36. The van der Waals surface area contributed by atoms with Gasteiger partial charge in [-0.2, -0.15) is 0 Å². The molecule has 0 aromatic heterocycles. The standard InChI is InChI=1S/C12H11ClN2O2/c1-14-7-11(15-2)9-5-4-8(6-10(9)13)12(16)17-3/h4-7H,1-2H2,3H3/b11-7-. The van der Waals surface area contributed by atoms with E-state index in [1.54, 1.807) is 12.1 Å². The minimum absolute atomic E-state index is 0.371. The maximum absolute atomic E-state index is 11.3. The molecule has 0 heterocycles. The molecule has 1 rings (SSSR count). The summed E-state index contributed by atoms with van der Waals surface area (Å²) in [5.41, 5.74) is 1.49. The first kappa shape index (κ1) is 13.1. The first-order valence-corrected chi connectivity index (χ1v) is 5.02. The molecule has 4 nitrogen and oxygen atoms in total. The van der Waals surface area contributed by atoms with Crippen molar-refractivity contribution in [2.75, 3.05) is 7.11 Å². The van der Waals surface area contributed by atoms with Gasteiger partial charge in [0.05, 0.1) is 29.6 Å². The van der Waals surface area contributed by atoms with E-state index in [-0.39, 0.29) is 0 Å². The number of hydrogen-bond acceptors (Lipinski definition) is 4. The Morgan fingerprint density at radius 2 is 2.18 bits per heavy atom. The number of ether oxygens (including phenoxy) is 1. The Hall–Kier alpha value is -1.94. The lowest BCUT2D eigenvalue weighted by molar-refractivity contribution is 0.0600. The van der Waals surface area contributed by atoms with Crippen molar-refractivity contribution in [3.05, 3.63) is 40.5 Å². The summed E-state index contributed by atoms with van der Waals surface area (Å²) >= 11 is 6.04. The molecule has 0 fully saturated rings. The molecule has 0 saturated heterocycles. The number of esters is 1. The van der Waals surface area contributed by atoms with Gasteiger partial charge in [-0.1, -0.05) is 17.7 Å². The van der Waals surface area contributed by atoms with Gasteiger partial charge in [-0.05, 0) is 25.6 Å². The van der Waals surface area contributed by atoms with E-state index >= 15 is 0 Å². The predicted molar refractivity (Wildman–Crippen MR) is 69.9 cm³/mol. The Morgan fingerprint density at radius 1 is 1.47 bits per heavy atom. The molecule has 0 atom stereocenters. The zero-order valence-corrected chi connectivity index (χ0v) is 10.1. The van der Waals surface area contributed by atoms with E-state index in [1.807, 2.05) is 0 Å². The molecule has 5 heteroatoms. The zero-order chi connectivity index (χ0) is 12.8. The molecular weight excluding hydrogens is 240 g/mol. The van der Waals surface area contributed by atoms with Gasteiger partial charge in [-0.15, -0.1) is 0 Å². The van der Waals surface area contributed by atoms with E-state index in [1.165, 1.54) is 19.4 Å². The number of rotatable bonds is 4. The number of benzene rings is 1. The summed E-state index contributed by atoms with van der Waals surface area (Å²) in [5, 5.41) is 0.371. The third kappa shape index (κ3) is 3.01. The van der Waals surface area contributed by atoms with Crippen molar-refractivity contribution in [1.29, 1.82) is 0 Å². The first-order chi connectivity index (χ1) is 8.13. The van der Waals surface area contributed by atoms with Gasteiger partial charge >= 0.3 is 5.97 Å². The number of methoxy groups -OCH3 is 1. The summed E-state index contributed by atoms with van der Waals surface area (Å²) in [7, 11) is 1.31. The fraction of sp³-hybridized carbons (Fsp3) is 0.0833. The maximum atomic E-state index is 11.3. The predicted octanol–water partition coefficient (Wildman–Crippen LogP) is 2.83. The topological polar surface area (TPSA) is 51.0 Å². The lowest BCUT2D eigenvalue weighted by Crippen LogP contribution is -2.01. The highest BCUT2D eigenvalue weighted by Gasteiger charge is 2.10. The maximum Gasteiger partial charge on any atom is 0.337 e. The SMILES string of the molecule is C=N/C=C(\N=C)c1ccc(C(=O)OC)cc1Cl. The summed E-state index contributed by atoms with van der Waals surface area (Å²) in [6.07, 6.45) is 1.44. The highest BCUT2D eigenvalue weighted by atomic mass is 35.5. The Kier molecular flexibility index (Phi) is 4.60. The van der Waals surface area contributed by atoms with Crippen LogP contribution in [0.4, 0.5) is 0 Å². The van der Waals surface area contributed by atoms with Crippen LogP contribution in [0.25, 0.3) is 5.70 Å².